The summed E-state index contributed by atoms with van der Waals surface area (Å²) in [4.78, 5) is 15.7. The lowest BCUT2D eigenvalue weighted by atomic mass is 10.2. The van der Waals surface area contributed by atoms with Crippen LogP contribution in [0.1, 0.15) is 21.7 Å². The fourth-order valence-corrected chi connectivity index (χ4v) is 1.39. The van der Waals surface area contributed by atoms with E-state index in [0.29, 0.717) is 17.9 Å². The second-order valence-corrected chi connectivity index (χ2v) is 3.68. The first-order valence-corrected chi connectivity index (χ1v) is 5.15. The largest absolute Gasteiger partial charge is 0.399 e. The first-order valence-electron chi connectivity index (χ1n) is 5.15. The second-order valence-electron chi connectivity index (χ2n) is 3.68. The van der Waals surface area contributed by atoms with Crippen LogP contribution < -0.4 is 11.1 Å². The van der Waals surface area contributed by atoms with Crippen LogP contribution in [0.25, 0.3) is 0 Å². The van der Waals surface area contributed by atoms with Crippen molar-refractivity contribution in [1.82, 2.24) is 20.5 Å². The van der Waals surface area contributed by atoms with Crippen molar-refractivity contribution in [3.05, 3.63) is 41.5 Å². The van der Waals surface area contributed by atoms with Crippen LogP contribution in [0.4, 0.5) is 5.69 Å². The Morgan fingerprint density at radius 2 is 2.41 bits per heavy atom. The predicted octanol–water partition coefficient (Wildman–Crippen LogP) is 0.625. The number of carbonyl (C=O) groups excluding carboxylic acids is 1. The molecule has 6 nitrogen and oxygen atoms in total. The number of nitrogen functional groups attached to an aromatic ring is 1. The molecule has 2 aromatic heterocycles. The second kappa shape index (κ2) is 4.65. The van der Waals surface area contributed by atoms with E-state index in [1.54, 1.807) is 12.3 Å². The maximum absolute atomic E-state index is 11.7. The van der Waals surface area contributed by atoms with Crippen molar-refractivity contribution in [2.45, 2.75) is 13.5 Å². The highest BCUT2D eigenvalue weighted by Crippen LogP contribution is 2.04. The zero-order valence-electron chi connectivity index (χ0n) is 9.40. The molecule has 0 aromatic carbocycles. The number of nitrogens with zero attached hydrogens (tertiary/aromatic N) is 2. The van der Waals surface area contributed by atoms with Gasteiger partial charge in [-0.05, 0) is 19.1 Å². The molecular formula is C11H13N5O. The normalized spacial score (nSPS) is 10.2. The van der Waals surface area contributed by atoms with Gasteiger partial charge in [-0.1, -0.05) is 0 Å². The number of anilines is 1. The Morgan fingerprint density at radius 1 is 1.59 bits per heavy atom. The summed E-state index contributed by atoms with van der Waals surface area (Å²) in [5.41, 5.74) is 8.29. The van der Waals surface area contributed by atoms with Crippen LogP contribution in [0.3, 0.4) is 0 Å². The minimum absolute atomic E-state index is 0.252. The fraction of sp³-hybridized carbons (Fsp3) is 0.182. The van der Waals surface area contributed by atoms with Gasteiger partial charge in [0.1, 0.15) is 5.69 Å². The minimum atomic E-state index is -0.252. The molecule has 0 spiro atoms. The predicted molar refractivity (Wildman–Crippen MR) is 63.1 cm³/mol. The Bertz CT molecular complexity index is 534. The summed E-state index contributed by atoms with van der Waals surface area (Å²) in [6.45, 7) is 2.31. The van der Waals surface area contributed by atoms with Gasteiger partial charge in [0, 0.05) is 29.7 Å². The fourth-order valence-electron chi connectivity index (χ4n) is 1.39. The van der Waals surface area contributed by atoms with Gasteiger partial charge in [0.2, 0.25) is 0 Å². The molecule has 0 saturated heterocycles. The number of hydrogen-bond donors (Lipinski definition) is 3. The highest BCUT2D eigenvalue weighted by molar-refractivity contribution is 5.92. The van der Waals surface area contributed by atoms with E-state index < -0.39 is 0 Å². The molecule has 0 aliphatic carbocycles. The molecule has 2 rings (SSSR count). The molecule has 17 heavy (non-hydrogen) atoms. The molecule has 0 aliphatic rings. The van der Waals surface area contributed by atoms with Crippen molar-refractivity contribution in [3.63, 3.8) is 0 Å². The van der Waals surface area contributed by atoms with Crippen LogP contribution in [0, 0.1) is 6.92 Å². The van der Waals surface area contributed by atoms with E-state index in [2.05, 4.69) is 20.5 Å². The van der Waals surface area contributed by atoms with Crippen molar-refractivity contribution < 1.29 is 4.79 Å². The van der Waals surface area contributed by atoms with Gasteiger partial charge < -0.3 is 11.1 Å². The van der Waals surface area contributed by atoms with E-state index in [1.807, 2.05) is 6.92 Å². The topological polar surface area (TPSA) is 96.7 Å². The van der Waals surface area contributed by atoms with Gasteiger partial charge in [0.05, 0.1) is 6.20 Å². The lowest BCUT2D eigenvalue weighted by Gasteiger charge is -2.04. The Morgan fingerprint density at radius 3 is 3.06 bits per heavy atom. The number of nitrogens with two attached hydrogens (primary N) is 1. The van der Waals surface area contributed by atoms with Gasteiger partial charge in [-0.25, -0.2) is 0 Å². The molecular weight excluding hydrogens is 218 g/mol. The number of aryl methyl sites for hydroxylation is 1. The van der Waals surface area contributed by atoms with E-state index in [1.165, 1.54) is 12.3 Å². The Kier molecular flexibility index (Phi) is 3.04. The summed E-state index contributed by atoms with van der Waals surface area (Å²) >= 11 is 0. The van der Waals surface area contributed by atoms with E-state index in [9.17, 15) is 4.79 Å². The molecule has 1 amide bonds. The number of hydrogen-bond acceptors (Lipinski definition) is 4. The first-order chi connectivity index (χ1) is 8.16. The monoisotopic (exact) mass is 231 g/mol. The molecule has 0 aliphatic heterocycles. The van der Waals surface area contributed by atoms with Crippen molar-refractivity contribution >= 4 is 11.6 Å². The number of amides is 1. The van der Waals surface area contributed by atoms with Gasteiger partial charge in [-0.3, -0.25) is 14.9 Å². The summed E-state index contributed by atoms with van der Waals surface area (Å²) in [5.74, 6) is -0.252. The van der Waals surface area contributed by atoms with E-state index in [4.69, 9.17) is 5.73 Å². The third-order valence-corrected chi connectivity index (χ3v) is 2.39. The zero-order valence-corrected chi connectivity index (χ0v) is 9.40. The molecule has 0 atom stereocenters. The summed E-state index contributed by atoms with van der Waals surface area (Å²) in [7, 11) is 0. The first kappa shape index (κ1) is 11.1. The Balaban J connectivity index is 2.01. The number of nitrogens with one attached hydrogen (secondary N) is 2. The molecule has 0 bridgehead atoms. The molecule has 0 radical (unpaired) electrons. The Hall–Kier alpha value is -2.37. The van der Waals surface area contributed by atoms with Crippen LogP contribution >= 0.6 is 0 Å². The molecule has 2 heterocycles. The summed E-state index contributed by atoms with van der Waals surface area (Å²) in [6.07, 6.45) is 3.19. The van der Waals surface area contributed by atoms with Crippen molar-refractivity contribution in [2.24, 2.45) is 0 Å². The average molecular weight is 231 g/mol. The van der Waals surface area contributed by atoms with Crippen LogP contribution in [-0.4, -0.2) is 21.1 Å². The standard InChI is InChI=1S/C11H13N5O/c1-7-8(6-15-16-7)5-14-11(17)10-4-9(12)2-3-13-10/h2-4,6H,5H2,1H3,(H2,12,13)(H,14,17)(H,15,16). The minimum Gasteiger partial charge on any atom is -0.399 e. The molecule has 0 fully saturated rings. The number of carbonyl (C=O) groups is 1. The average Bonchev–Trinajstić information content (AvgIpc) is 2.72. The maximum atomic E-state index is 11.7. The smallest absolute Gasteiger partial charge is 0.270 e. The lowest BCUT2D eigenvalue weighted by Crippen LogP contribution is -2.24. The number of rotatable bonds is 3. The molecule has 2 aromatic rings. The third-order valence-electron chi connectivity index (χ3n) is 2.39. The Labute approximate surface area is 98.3 Å². The molecule has 6 heteroatoms. The number of aromatic amines is 1. The quantitative estimate of drug-likeness (QED) is 0.721. The molecule has 88 valence electrons. The van der Waals surface area contributed by atoms with Crippen molar-refractivity contribution in [2.75, 3.05) is 5.73 Å². The number of H-pyrrole nitrogens is 1. The SMILES string of the molecule is Cc1[nH]ncc1CNC(=O)c1cc(N)ccn1. The summed E-state index contributed by atoms with van der Waals surface area (Å²) in [6, 6.07) is 3.18. The van der Waals surface area contributed by atoms with Crippen molar-refractivity contribution in [3.8, 4) is 0 Å². The van der Waals surface area contributed by atoms with Gasteiger partial charge in [-0.15, -0.1) is 0 Å². The molecule has 0 unspecified atom stereocenters. The van der Waals surface area contributed by atoms with Crippen LogP contribution in [0.2, 0.25) is 0 Å². The lowest BCUT2D eigenvalue weighted by molar-refractivity contribution is 0.0946. The highest BCUT2D eigenvalue weighted by Gasteiger charge is 2.08. The maximum Gasteiger partial charge on any atom is 0.270 e. The van der Waals surface area contributed by atoms with Gasteiger partial charge in [0.25, 0.3) is 5.91 Å². The van der Waals surface area contributed by atoms with Crippen LogP contribution in [-0.2, 0) is 6.54 Å². The van der Waals surface area contributed by atoms with Crippen LogP contribution in [0.15, 0.2) is 24.5 Å². The number of pyridine rings is 1. The van der Waals surface area contributed by atoms with Gasteiger partial charge in [0.15, 0.2) is 0 Å². The molecule has 0 saturated carbocycles. The van der Waals surface area contributed by atoms with E-state index in [0.717, 1.165) is 11.3 Å². The summed E-state index contributed by atoms with van der Waals surface area (Å²) in [5, 5.41) is 9.43. The van der Waals surface area contributed by atoms with E-state index >= 15 is 0 Å². The van der Waals surface area contributed by atoms with Crippen LogP contribution in [0.5, 0.6) is 0 Å². The summed E-state index contributed by atoms with van der Waals surface area (Å²) < 4.78 is 0. The van der Waals surface area contributed by atoms with Gasteiger partial charge in [-0.2, -0.15) is 5.10 Å². The van der Waals surface area contributed by atoms with Crippen molar-refractivity contribution in [1.29, 1.82) is 0 Å². The zero-order chi connectivity index (χ0) is 12.3. The molecule has 4 N–H and O–H groups in total. The van der Waals surface area contributed by atoms with E-state index in [-0.39, 0.29) is 5.91 Å². The van der Waals surface area contributed by atoms with Gasteiger partial charge >= 0.3 is 0 Å². The number of aromatic nitrogens is 3. The third kappa shape index (κ3) is 2.60. The highest BCUT2D eigenvalue weighted by atomic mass is 16.1.